The van der Waals surface area contributed by atoms with E-state index in [1.807, 2.05) is 0 Å². The molecule has 0 aromatic carbocycles. The number of ether oxygens (including phenoxy) is 3. The van der Waals surface area contributed by atoms with E-state index in [9.17, 15) is 0 Å². The van der Waals surface area contributed by atoms with E-state index >= 15 is 0 Å². The van der Waals surface area contributed by atoms with Gasteiger partial charge in [-0.25, -0.2) is 0 Å². The monoisotopic (exact) mass is 203 g/mol. The summed E-state index contributed by atoms with van der Waals surface area (Å²) >= 11 is -0.774. The molecule has 0 N–H and O–H groups in total. The van der Waals surface area contributed by atoms with Gasteiger partial charge in [0.15, 0.2) is 0 Å². The molecule has 0 aromatic heterocycles. The van der Waals surface area contributed by atoms with E-state index in [4.69, 9.17) is 14.2 Å². The fraction of sp³-hybridized carbons (Fsp3) is 1.00. The number of hydrogen-bond donors (Lipinski definition) is 0. The van der Waals surface area contributed by atoms with Crippen molar-refractivity contribution in [1.82, 2.24) is 0 Å². The topological polar surface area (TPSA) is 27.7 Å². The fourth-order valence-electron chi connectivity index (χ4n) is 0.602. The molecule has 0 heterocycles. The molecule has 0 rings (SSSR count). The molecule has 0 saturated carbocycles. The van der Waals surface area contributed by atoms with E-state index in [-0.39, 0.29) is 7.43 Å². The zero-order valence-corrected chi connectivity index (χ0v) is 8.03. The summed E-state index contributed by atoms with van der Waals surface area (Å²) in [6.07, 6.45) is 0. The molecule has 0 bridgehead atoms. The average molecular weight is 203 g/mol. The minimum absolute atomic E-state index is 0. The van der Waals surface area contributed by atoms with Crippen molar-refractivity contribution in [2.75, 3.05) is 37.7 Å². The second-order valence-electron chi connectivity index (χ2n) is 1.83. The van der Waals surface area contributed by atoms with Crippen LogP contribution in [0.5, 0.6) is 0 Å². The van der Waals surface area contributed by atoms with Crippen LogP contribution in [-0.4, -0.2) is 37.7 Å². The van der Waals surface area contributed by atoms with Crippen LogP contribution in [0.1, 0.15) is 7.43 Å². The normalized spacial score (nSPS) is 9.82. The van der Waals surface area contributed by atoms with E-state index in [2.05, 4.69) is 0 Å². The summed E-state index contributed by atoms with van der Waals surface area (Å²) in [7, 11) is 5.13. The van der Waals surface area contributed by atoms with Gasteiger partial charge in [-0.15, -0.1) is 0 Å². The molecule has 4 heteroatoms. The summed E-state index contributed by atoms with van der Waals surface area (Å²) in [4.78, 5) is 0. The first-order valence-corrected chi connectivity index (χ1v) is 5.66. The van der Waals surface area contributed by atoms with Gasteiger partial charge in [0.25, 0.3) is 0 Å². The second-order valence-corrected chi connectivity index (χ2v) is 4.85. The van der Waals surface area contributed by atoms with Gasteiger partial charge in [-0.3, -0.25) is 0 Å². The molecule has 0 saturated heterocycles. The molecule has 11 heavy (non-hydrogen) atoms. The Morgan fingerprint density at radius 1 is 0.818 bits per heavy atom. The summed E-state index contributed by atoms with van der Waals surface area (Å²) in [6.45, 7) is 0. The van der Waals surface area contributed by atoms with Crippen molar-refractivity contribution in [2.24, 2.45) is 0 Å². The molecule has 3 nitrogen and oxygen atoms in total. The Balaban J connectivity index is 0. The van der Waals surface area contributed by atoms with Gasteiger partial charge in [0, 0.05) is 0 Å². The Kier molecular flexibility index (Phi) is 13.2. The number of methoxy groups -OCH3 is 3. The number of hydrogen-bond acceptors (Lipinski definition) is 3. The van der Waals surface area contributed by atoms with E-state index in [1.165, 1.54) is 0 Å². The summed E-state index contributed by atoms with van der Waals surface area (Å²) in [5.41, 5.74) is 2.46. The second kappa shape index (κ2) is 10.4. The Bertz CT molecular complexity index is 56.4. The third-order valence-electron chi connectivity index (χ3n) is 0.854. The van der Waals surface area contributed by atoms with Crippen molar-refractivity contribution in [3.05, 3.63) is 0 Å². The fourth-order valence-corrected chi connectivity index (χ4v) is 2.48. The van der Waals surface area contributed by atoms with Crippen LogP contribution in [0.3, 0.4) is 0 Å². The molecule has 0 spiro atoms. The van der Waals surface area contributed by atoms with Crippen molar-refractivity contribution in [3.8, 4) is 0 Å². The Labute approximate surface area is 74.0 Å². The summed E-state index contributed by atoms with van der Waals surface area (Å²) in [6, 6.07) is 0. The van der Waals surface area contributed by atoms with Crippen LogP contribution in [0.4, 0.5) is 0 Å². The zero-order chi connectivity index (χ0) is 7.82. The first kappa shape index (κ1) is 14.0. The van der Waals surface area contributed by atoms with Crippen LogP contribution >= 0.6 is 0 Å². The van der Waals surface area contributed by atoms with Gasteiger partial charge < -0.3 is 0 Å². The van der Waals surface area contributed by atoms with Crippen molar-refractivity contribution in [2.45, 2.75) is 7.43 Å². The Hall–Kier alpha value is 0.412. The van der Waals surface area contributed by atoms with Crippen molar-refractivity contribution in [1.29, 1.82) is 0 Å². The predicted molar refractivity (Wildman–Crippen MR) is 42.4 cm³/mol. The van der Waals surface area contributed by atoms with Crippen molar-refractivity contribution in [3.63, 3.8) is 0 Å². The van der Waals surface area contributed by atoms with Crippen LogP contribution in [0.25, 0.3) is 0 Å². The number of rotatable bonds is 6. The molecule has 0 aliphatic rings. The predicted octanol–water partition coefficient (Wildman–Crippen LogP) is 1.05. The van der Waals surface area contributed by atoms with E-state index in [1.54, 1.807) is 21.3 Å². The van der Waals surface area contributed by atoms with E-state index in [0.717, 1.165) is 16.4 Å². The Morgan fingerprint density at radius 2 is 1.09 bits per heavy atom. The van der Waals surface area contributed by atoms with E-state index < -0.39 is 14.1 Å². The van der Waals surface area contributed by atoms with E-state index in [0.29, 0.717) is 0 Å². The standard InChI is InChI=1S/3C2H5O.CH4.Cr/c3*1-3-2;;/h3*1H2,2H3;1H4;. The van der Waals surface area contributed by atoms with Gasteiger partial charge in [0.2, 0.25) is 0 Å². The average Bonchev–Trinajstić information content (AvgIpc) is 1.90. The van der Waals surface area contributed by atoms with Crippen molar-refractivity contribution >= 4 is 0 Å². The van der Waals surface area contributed by atoms with Crippen LogP contribution in [-0.2, 0) is 28.4 Å². The SMILES string of the molecule is C.CO[CH2][Cr]([CH2]OC)[CH2]OC. The van der Waals surface area contributed by atoms with Crippen LogP contribution < -0.4 is 0 Å². The van der Waals surface area contributed by atoms with Gasteiger partial charge in [0.1, 0.15) is 0 Å². The molecule has 0 aliphatic carbocycles. The van der Waals surface area contributed by atoms with Gasteiger partial charge in [0.05, 0.1) is 0 Å². The van der Waals surface area contributed by atoms with Gasteiger partial charge in [-0.1, -0.05) is 7.43 Å². The quantitative estimate of drug-likeness (QED) is 0.646. The van der Waals surface area contributed by atoms with Gasteiger partial charge in [-0.05, 0) is 0 Å². The summed E-state index contributed by atoms with van der Waals surface area (Å²) in [5.74, 6) is 0. The molecular formula is C7H19CrO3. The first-order chi connectivity index (χ1) is 4.85. The molecular weight excluding hydrogens is 184 g/mol. The maximum absolute atomic E-state index is 5.00. The molecule has 0 aromatic rings. The molecule has 71 valence electrons. The summed E-state index contributed by atoms with van der Waals surface area (Å²) in [5, 5.41) is 0. The maximum atomic E-state index is 5.00. The zero-order valence-electron chi connectivity index (χ0n) is 6.75. The molecule has 0 radical (unpaired) electrons. The third-order valence-corrected chi connectivity index (χ3v) is 3.52. The molecule has 0 unspecified atom stereocenters. The first-order valence-electron chi connectivity index (χ1n) is 2.96. The molecule has 0 atom stereocenters. The molecule has 0 aliphatic heterocycles. The minimum atomic E-state index is -0.774. The summed E-state index contributed by atoms with van der Waals surface area (Å²) < 4.78 is 15.0. The van der Waals surface area contributed by atoms with Gasteiger partial charge in [-0.2, -0.15) is 0 Å². The van der Waals surface area contributed by atoms with Crippen LogP contribution in [0, 0.1) is 0 Å². The van der Waals surface area contributed by atoms with Crippen molar-refractivity contribution < 1.29 is 28.4 Å². The molecule has 0 fully saturated rings. The Morgan fingerprint density at radius 3 is 1.27 bits per heavy atom. The van der Waals surface area contributed by atoms with Crippen LogP contribution in [0.2, 0.25) is 0 Å². The third kappa shape index (κ3) is 8.32. The van der Waals surface area contributed by atoms with Gasteiger partial charge >= 0.3 is 66.1 Å². The molecule has 0 amide bonds. The van der Waals surface area contributed by atoms with Crippen LogP contribution in [0.15, 0.2) is 0 Å².